The Morgan fingerprint density at radius 1 is 1.67 bits per heavy atom. The maximum atomic E-state index is 12.0. The van der Waals surface area contributed by atoms with E-state index in [4.69, 9.17) is 5.11 Å². The van der Waals surface area contributed by atoms with Crippen LogP contribution < -0.4 is 4.72 Å². The average Bonchev–Trinajstić information content (AvgIpc) is 2.85. The summed E-state index contributed by atoms with van der Waals surface area (Å²) in [5, 5.41) is 8.98. The Hall–Kier alpha value is -1.03. The zero-order valence-corrected chi connectivity index (χ0v) is 11.5. The quantitative estimate of drug-likeness (QED) is 0.714. The molecular formula is C9H14N2O5S2. The number of methoxy groups -OCH3 is 1. The average molecular weight is 294 g/mol. The topological polar surface area (TPSA) is 106 Å². The van der Waals surface area contributed by atoms with Crippen LogP contribution in [0.4, 0.5) is 0 Å². The molecule has 9 heteroatoms. The lowest BCUT2D eigenvalue weighted by molar-refractivity contribution is 0.0590. The monoisotopic (exact) mass is 294 g/mol. The molecule has 0 aromatic carbocycles. The number of carbonyl (C=O) groups is 1. The zero-order valence-electron chi connectivity index (χ0n) is 9.91. The first-order valence-electron chi connectivity index (χ1n) is 5.11. The molecule has 0 amide bonds. The van der Waals surface area contributed by atoms with Gasteiger partial charge in [0, 0.05) is 6.04 Å². The van der Waals surface area contributed by atoms with Crippen LogP contribution in [0.15, 0.2) is 9.72 Å². The van der Waals surface area contributed by atoms with Gasteiger partial charge in [0.15, 0.2) is 9.90 Å². The summed E-state index contributed by atoms with van der Waals surface area (Å²) >= 11 is 0.819. The van der Waals surface area contributed by atoms with E-state index in [1.807, 2.05) is 0 Å². The summed E-state index contributed by atoms with van der Waals surface area (Å²) in [7, 11) is -2.73. The molecule has 0 saturated carbocycles. The van der Waals surface area contributed by atoms with E-state index in [9.17, 15) is 13.2 Å². The number of ether oxygens (including phenoxy) is 1. The Bertz CT molecular complexity index is 507. The molecule has 7 nitrogen and oxygen atoms in total. The number of thiazole rings is 1. The largest absolute Gasteiger partial charge is 0.464 e. The normalized spacial score (nSPS) is 13.3. The van der Waals surface area contributed by atoms with Gasteiger partial charge in [-0.2, -0.15) is 0 Å². The Morgan fingerprint density at radius 3 is 2.83 bits per heavy atom. The van der Waals surface area contributed by atoms with Crippen molar-refractivity contribution in [3.05, 3.63) is 11.2 Å². The summed E-state index contributed by atoms with van der Waals surface area (Å²) in [6, 6.07) is -0.595. The standard InChI is InChI=1S/C9H14N2O5S2/c1-3-6(4-12)11-18(14,15)9-7(8(13)16-2)10-5-17-9/h5-6,11-12H,3-4H2,1-2H3/t6-/m1/s1. The van der Waals surface area contributed by atoms with Crippen molar-refractivity contribution in [2.75, 3.05) is 13.7 Å². The second-order valence-electron chi connectivity index (χ2n) is 3.39. The van der Waals surface area contributed by atoms with Gasteiger partial charge >= 0.3 is 5.97 Å². The molecular weight excluding hydrogens is 280 g/mol. The van der Waals surface area contributed by atoms with Crippen molar-refractivity contribution >= 4 is 27.3 Å². The summed E-state index contributed by atoms with van der Waals surface area (Å²) in [5.41, 5.74) is 1.00. The van der Waals surface area contributed by atoms with Crippen LogP contribution in [0.5, 0.6) is 0 Å². The number of aliphatic hydroxyl groups is 1. The third-order valence-electron chi connectivity index (χ3n) is 2.19. The minimum absolute atomic E-state index is 0.207. The van der Waals surface area contributed by atoms with Crippen LogP contribution in [0.1, 0.15) is 23.8 Å². The Labute approximate surface area is 109 Å². The molecule has 0 radical (unpaired) electrons. The van der Waals surface area contributed by atoms with Gasteiger partial charge in [-0.25, -0.2) is 22.9 Å². The molecule has 0 saturated heterocycles. The molecule has 0 aliphatic heterocycles. The molecule has 102 valence electrons. The fourth-order valence-corrected chi connectivity index (χ4v) is 3.64. The number of rotatable bonds is 6. The Kier molecular flexibility index (Phi) is 5.20. The molecule has 18 heavy (non-hydrogen) atoms. The molecule has 0 unspecified atom stereocenters. The van der Waals surface area contributed by atoms with Crippen LogP contribution in [0, 0.1) is 0 Å². The predicted molar refractivity (Wildman–Crippen MR) is 64.9 cm³/mol. The molecule has 1 atom stereocenters. The van der Waals surface area contributed by atoms with E-state index in [1.54, 1.807) is 6.92 Å². The van der Waals surface area contributed by atoms with E-state index in [0.717, 1.165) is 18.4 Å². The number of sulfonamides is 1. The van der Waals surface area contributed by atoms with E-state index < -0.39 is 22.0 Å². The van der Waals surface area contributed by atoms with Gasteiger partial charge in [-0.1, -0.05) is 6.92 Å². The molecule has 0 aliphatic rings. The number of aromatic nitrogens is 1. The lowest BCUT2D eigenvalue weighted by atomic mass is 10.3. The van der Waals surface area contributed by atoms with E-state index in [1.165, 1.54) is 5.51 Å². The second-order valence-corrected chi connectivity index (χ2v) is 6.15. The first-order chi connectivity index (χ1) is 8.46. The van der Waals surface area contributed by atoms with Crippen LogP contribution in [-0.4, -0.2) is 44.2 Å². The summed E-state index contributed by atoms with van der Waals surface area (Å²) in [6.45, 7) is 1.42. The summed E-state index contributed by atoms with van der Waals surface area (Å²) < 4.78 is 30.6. The Morgan fingerprint density at radius 2 is 2.33 bits per heavy atom. The Balaban J connectivity index is 3.06. The summed E-state index contributed by atoms with van der Waals surface area (Å²) in [4.78, 5) is 15.0. The minimum atomic E-state index is -3.88. The maximum Gasteiger partial charge on any atom is 0.358 e. The van der Waals surface area contributed by atoms with E-state index in [-0.39, 0.29) is 16.5 Å². The molecule has 0 fully saturated rings. The minimum Gasteiger partial charge on any atom is -0.464 e. The fourth-order valence-electron chi connectivity index (χ4n) is 1.18. The smallest absolute Gasteiger partial charge is 0.358 e. The highest BCUT2D eigenvalue weighted by atomic mass is 32.2. The molecule has 1 rings (SSSR count). The first-order valence-corrected chi connectivity index (χ1v) is 7.47. The van der Waals surface area contributed by atoms with E-state index >= 15 is 0 Å². The van der Waals surface area contributed by atoms with Crippen molar-refractivity contribution in [2.45, 2.75) is 23.6 Å². The van der Waals surface area contributed by atoms with Gasteiger partial charge in [-0.15, -0.1) is 11.3 Å². The number of aliphatic hydroxyl groups excluding tert-OH is 1. The fraction of sp³-hybridized carbons (Fsp3) is 0.556. The number of hydrogen-bond acceptors (Lipinski definition) is 7. The maximum absolute atomic E-state index is 12.0. The van der Waals surface area contributed by atoms with Crippen molar-refractivity contribution < 1.29 is 23.1 Å². The van der Waals surface area contributed by atoms with Crippen LogP contribution >= 0.6 is 11.3 Å². The van der Waals surface area contributed by atoms with E-state index in [2.05, 4.69) is 14.4 Å². The van der Waals surface area contributed by atoms with Gasteiger partial charge in [0.1, 0.15) is 0 Å². The lowest BCUT2D eigenvalue weighted by Crippen LogP contribution is -2.37. The van der Waals surface area contributed by atoms with Gasteiger partial charge in [-0.05, 0) is 6.42 Å². The highest BCUT2D eigenvalue weighted by Gasteiger charge is 2.28. The highest BCUT2D eigenvalue weighted by molar-refractivity contribution is 7.91. The van der Waals surface area contributed by atoms with E-state index in [0.29, 0.717) is 6.42 Å². The van der Waals surface area contributed by atoms with Crippen molar-refractivity contribution in [3.63, 3.8) is 0 Å². The zero-order chi connectivity index (χ0) is 13.8. The van der Waals surface area contributed by atoms with Crippen molar-refractivity contribution in [1.29, 1.82) is 0 Å². The van der Waals surface area contributed by atoms with Crippen molar-refractivity contribution in [2.24, 2.45) is 0 Å². The van der Waals surface area contributed by atoms with Gasteiger partial charge < -0.3 is 9.84 Å². The van der Waals surface area contributed by atoms with Crippen LogP contribution in [0.3, 0.4) is 0 Å². The first kappa shape index (κ1) is 15.0. The van der Waals surface area contributed by atoms with Gasteiger partial charge in [-0.3, -0.25) is 0 Å². The second kappa shape index (κ2) is 6.23. The number of esters is 1. The molecule has 1 aromatic heterocycles. The number of carbonyl (C=O) groups excluding carboxylic acids is 1. The predicted octanol–water partition coefficient (Wildman–Crippen LogP) is -0.0211. The van der Waals surface area contributed by atoms with Crippen LogP contribution in [-0.2, 0) is 14.8 Å². The van der Waals surface area contributed by atoms with Gasteiger partial charge in [0.05, 0.1) is 19.2 Å². The van der Waals surface area contributed by atoms with Crippen LogP contribution in [0.2, 0.25) is 0 Å². The molecule has 1 aromatic rings. The lowest BCUT2D eigenvalue weighted by Gasteiger charge is -2.13. The molecule has 2 N–H and O–H groups in total. The molecule has 0 bridgehead atoms. The number of nitrogens with one attached hydrogen (secondary N) is 1. The van der Waals surface area contributed by atoms with Crippen LogP contribution in [0.25, 0.3) is 0 Å². The third-order valence-corrected chi connectivity index (χ3v) is 5.08. The summed E-state index contributed by atoms with van der Waals surface area (Å²) in [5.74, 6) is -0.811. The van der Waals surface area contributed by atoms with Crippen molar-refractivity contribution in [1.82, 2.24) is 9.71 Å². The molecule has 0 aliphatic carbocycles. The van der Waals surface area contributed by atoms with Gasteiger partial charge in [0.25, 0.3) is 10.0 Å². The molecule has 1 heterocycles. The summed E-state index contributed by atoms with van der Waals surface area (Å²) in [6.07, 6.45) is 0.433. The number of nitrogens with zero attached hydrogens (tertiary/aromatic N) is 1. The van der Waals surface area contributed by atoms with Gasteiger partial charge in [0.2, 0.25) is 0 Å². The molecule has 0 spiro atoms. The number of hydrogen-bond donors (Lipinski definition) is 2. The SMILES string of the molecule is CC[C@H](CO)NS(=O)(=O)c1scnc1C(=O)OC. The third kappa shape index (κ3) is 3.25. The van der Waals surface area contributed by atoms with Crippen molar-refractivity contribution in [3.8, 4) is 0 Å². The highest BCUT2D eigenvalue weighted by Crippen LogP contribution is 2.21.